The molecule has 74 valence electrons. The molecule has 1 aromatic carbocycles. The molecule has 0 aliphatic heterocycles. The molecule has 0 fully saturated rings. The second kappa shape index (κ2) is 5.13. The lowest BCUT2D eigenvalue weighted by Crippen LogP contribution is -2.19. The van der Waals surface area contributed by atoms with Gasteiger partial charge in [-0.25, -0.2) is 9.59 Å². The number of hydrogen-bond acceptors (Lipinski definition) is 4. The lowest BCUT2D eigenvalue weighted by molar-refractivity contribution is 0.113. The standard InChI is InChI=1S/C8H7NO4S/c10-7(13-8(11)12)9-14-6-4-2-1-3-5-6/h1-5H,(H,9,10)(H,11,12). The minimum atomic E-state index is -1.63. The molecule has 2 N–H and O–H groups in total. The molecule has 0 saturated heterocycles. The van der Waals surface area contributed by atoms with Gasteiger partial charge in [-0.3, -0.25) is 4.72 Å². The summed E-state index contributed by atoms with van der Waals surface area (Å²) in [6, 6.07) is 8.97. The van der Waals surface area contributed by atoms with Crippen molar-refractivity contribution < 1.29 is 19.4 Å². The second-order valence-corrected chi connectivity index (χ2v) is 3.05. The smallest absolute Gasteiger partial charge is 0.449 e. The van der Waals surface area contributed by atoms with Crippen molar-refractivity contribution in [3.8, 4) is 0 Å². The SMILES string of the molecule is O=C(O)OC(=O)NSc1ccccc1. The zero-order valence-electron chi connectivity index (χ0n) is 6.97. The van der Waals surface area contributed by atoms with Crippen molar-refractivity contribution in [2.24, 2.45) is 0 Å². The average Bonchev–Trinajstić information content (AvgIpc) is 2.15. The summed E-state index contributed by atoms with van der Waals surface area (Å²) in [6.07, 6.45) is -2.64. The Morgan fingerprint density at radius 2 is 1.93 bits per heavy atom. The van der Waals surface area contributed by atoms with Crippen LogP contribution in [0.15, 0.2) is 35.2 Å². The quantitative estimate of drug-likeness (QED) is 0.447. The van der Waals surface area contributed by atoms with Crippen LogP contribution < -0.4 is 4.72 Å². The van der Waals surface area contributed by atoms with Crippen LogP contribution in [0.5, 0.6) is 0 Å². The first-order chi connectivity index (χ1) is 6.68. The van der Waals surface area contributed by atoms with Crippen LogP contribution in [0.2, 0.25) is 0 Å². The molecule has 0 saturated carbocycles. The summed E-state index contributed by atoms with van der Waals surface area (Å²) in [5.41, 5.74) is 0. The Morgan fingerprint density at radius 3 is 2.50 bits per heavy atom. The van der Waals surface area contributed by atoms with Crippen LogP contribution in [0.1, 0.15) is 0 Å². The number of rotatable bonds is 2. The molecule has 1 amide bonds. The number of ether oxygens (including phenoxy) is 1. The zero-order chi connectivity index (χ0) is 10.4. The summed E-state index contributed by atoms with van der Waals surface area (Å²) in [5, 5.41) is 8.09. The van der Waals surface area contributed by atoms with Gasteiger partial charge in [0.05, 0.1) is 0 Å². The van der Waals surface area contributed by atoms with Gasteiger partial charge >= 0.3 is 12.2 Å². The van der Waals surface area contributed by atoms with Crippen LogP contribution in [0.4, 0.5) is 9.59 Å². The van der Waals surface area contributed by atoms with Gasteiger partial charge in [-0.15, -0.1) is 0 Å². The molecule has 0 radical (unpaired) electrons. The van der Waals surface area contributed by atoms with E-state index in [-0.39, 0.29) is 0 Å². The number of amides is 1. The third-order valence-corrected chi connectivity index (χ3v) is 1.95. The van der Waals surface area contributed by atoms with Gasteiger partial charge in [0.1, 0.15) is 0 Å². The lowest BCUT2D eigenvalue weighted by Gasteiger charge is -2.01. The molecule has 0 aliphatic carbocycles. The van der Waals surface area contributed by atoms with Crippen molar-refractivity contribution in [2.45, 2.75) is 4.90 Å². The van der Waals surface area contributed by atoms with Gasteiger partial charge in [0.2, 0.25) is 0 Å². The lowest BCUT2D eigenvalue weighted by atomic mass is 10.4. The van der Waals surface area contributed by atoms with Crippen molar-refractivity contribution in [1.29, 1.82) is 0 Å². The molecule has 0 atom stereocenters. The molecule has 0 spiro atoms. The Kier molecular flexibility index (Phi) is 3.81. The maximum Gasteiger partial charge on any atom is 0.514 e. The average molecular weight is 213 g/mol. The topological polar surface area (TPSA) is 75.6 Å². The zero-order valence-corrected chi connectivity index (χ0v) is 7.78. The summed E-state index contributed by atoms with van der Waals surface area (Å²) in [4.78, 5) is 21.4. The van der Waals surface area contributed by atoms with Crippen molar-refractivity contribution in [3.05, 3.63) is 30.3 Å². The Labute approximate surface area is 84.2 Å². The first-order valence-corrected chi connectivity index (χ1v) is 4.43. The second-order valence-electron chi connectivity index (χ2n) is 2.17. The molecule has 0 aliphatic rings. The van der Waals surface area contributed by atoms with Gasteiger partial charge in [-0.05, 0) is 24.1 Å². The molecule has 1 rings (SSSR count). The number of carboxylic acid groups (broad SMARTS) is 1. The van der Waals surface area contributed by atoms with Crippen LogP contribution in [-0.4, -0.2) is 17.4 Å². The molecule has 0 aromatic heterocycles. The molecule has 1 aromatic rings. The van der Waals surface area contributed by atoms with Crippen LogP contribution in [0.3, 0.4) is 0 Å². The van der Waals surface area contributed by atoms with E-state index in [9.17, 15) is 9.59 Å². The van der Waals surface area contributed by atoms with Gasteiger partial charge in [-0.1, -0.05) is 18.2 Å². The van der Waals surface area contributed by atoms with Crippen molar-refractivity contribution in [1.82, 2.24) is 4.72 Å². The monoisotopic (exact) mass is 213 g/mol. The predicted octanol–water partition coefficient (Wildman–Crippen LogP) is 2.10. The van der Waals surface area contributed by atoms with E-state index in [0.717, 1.165) is 16.8 Å². The number of benzene rings is 1. The highest BCUT2D eigenvalue weighted by atomic mass is 32.2. The van der Waals surface area contributed by atoms with E-state index in [1.54, 1.807) is 24.3 Å². The fraction of sp³-hybridized carbons (Fsp3) is 0. The Hall–Kier alpha value is -1.69. The van der Waals surface area contributed by atoms with Crippen LogP contribution in [0.25, 0.3) is 0 Å². The minimum absolute atomic E-state index is 0.787. The fourth-order valence-electron chi connectivity index (χ4n) is 0.689. The maximum absolute atomic E-state index is 10.7. The van der Waals surface area contributed by atoms with E-state index in [4.69, 9.17) is 5.11 Å². The molecule has 14 heavy (non-hydrogen) atoms. The Morgan fingerprint density at radius 1 is 1.29 bits per heavy atom. The van der Waals surface area contributed by atoms with Gasteiger partial charge < -0.3 is 9.84 Å². The summed E-state index contributed by atoms with van der Waals surface area (Å²) in [7, 11) is 0. The van der Waals surface area contributed by atoms with Gasteiger partial charge in [-0.2, -0.15) is 0 Å². The minimum Gasteiger partial charge on any atom is -0.449 e. The van der Waals surface area contributed by atoms with E-state index >= 15 is 0 Å². The Balaban J connectivity index is 2.34. The van der Waals surface area contributed by atoms with E-state index < -0.39 is 12.2 Å². The van der Waals surface area contributed by atoms with Gasteiger partial charge in [0.15, 0.2) is 0 Å². The van der Waals surface area contributed by atoms with Crippen LogP contribution in [-0.2, 0) is 4.74 Å². The molecule has 0 unspecified atom stereocenters. The predicted molar refractivity (Wildman–Crippen MR) is 49.9 cm³/mol. The largest absolute Gasteiger partial charge is 0.514 e. The van der Waals surface area contributed by atoms with E-state index in [1.165, 1.54) is 0 Å². The third kappa shape index (κ3) is 3.81. The molecular formula is C8H7NO4S. The molecule has 5 nitrogen and oxygen atoms in total. The van der Waals surface area contributed by atoms with Crippen LogP contribution >= 0.6 is 11.9 Å². The number of carbonyl (C=O) groups excluding carboxylic acids is 1. The van der Waals surface area contributed by atoms with E-state index in [0.29, 0.717) is 0 Å². The highest BCUT2D eigenvalue weighted by molar-refractivity contribution is 7.98. The summed E-state index contributed by atoms with van der Waals surface area (Å²) >= 11 is 0.983. The first kappa shape index (κ1) is 10.4. The summed E-state index contributed by atoms with van der Waals surface area (Å²) < 4.78 is 6.02. The molecule has 0 bridgehead atoms. The van der Waals surface area contributed by atoms with Gasteiger partial charge in [0, 0.05) is 4.90 Å². The van der Waals surface area contributed by atoms with Crippen molar-refractivity contribution in [2.75, 3.05) is 0 Å². The highest BCUT2D eigenvalue weighted by Crippen LogP contribution is 2.12. The summed E-state index contributed by atoms with van der Waals surface area (Å²) in [5.74, 6) is 0. The number of carbonyl (C=O) groups is 2. The van der Waals surface area contributed by atoms with Crippen molar-refractivity contribution in [3.63, 3.8) is 0 Å². The molecular weight excluding hydrogens is 206 g/mol. The van der Waals surface area contributed by atoms with E-state index in [1.807, 2.05) is 6.07 Å². The highest BCUT2D eigenvalue weighted by Gasteiger charge is 2.07. The number of hydrogen-bond donors (Lipinski definition) is 2. The maximum atomic E-state index is 10.7. The van der Waals surface area contributed by atoms with Gasteiger partial charge in [0.25, 0.3) is 0 Å². The molecule has 0 heterocycles. The van der Waals surface area contributed by atoms with Crippen LogP contribution in [0, 0.1) is 0 Å². The number of nitrogens with one attached hydrogen (secondary N) is 1. The summed E-state index contributed by atoms with van der Waals surface area (Å²) in [6.45, 7) is 0. The normalized spacial score (nSPS) is 9.14. The molecule has 6 heteroatoms. The third-order valence-electron chi connectivity index (χ3n) is 1.18. The Bertz CT molecular complexity index is 327. The van der Waals surface area contributed by atoms with E-state index in [2.05, 4.69) is 9.46 Å². The van der Waals surface area contributed by atoms with Crippen molar-refractivity contribution >= 4 is 24.2 Å². The first-order valence-electron chi connectivity index (χ1n) is 3.61. The fourth-order valence-corrected chi connectivity index (χ4v) is 1.23.